The third-order valence-corrected chi connectivity index (χ3v) is 6.86. The lowest BCUT2D eigenvalue weighted by molar-refractivity contribution is 0.0413. The molecule has 2 aromatic heterocycles. The van der Waals surface area contributed by atoms with Crippen molar-refractivity contribution in [1.29, 1.82) is 0 Å². The summed E-state index contributed by atoms with van der Waals surface area (Å²) in [5.41, 5.74) is 2.41. The van der Waals surface area contributed by atoms with Gasteiger partial charge in [0.15, 0.2) is 11.8 Å². The molecule has 1 saturated heterocycles. The van der Waals surface area contributed by atoms with Crippen LogP contribution < -0.4 is 0 Å². The molecule has 0 spiro atoms. The molecule has 1 aliphatic heterocycles. The second-order valence-electron chi connectivity index (χ2n) is 10.4. The molecule has 214 valence electrons. The van der Waals surface area contributed by atoms with Gasteiger partial charge in [0.25, 0.3) is 0 Å². The van der Waals surface area contributed by atoms with Crippen LogP contribution >= 0.6 is 0 Å². The fourth-order valence-electron chi connectivity index (χ4n) is 4.92. The summed E-state index contributed by atoms with van der Waals surface area (Å²) in [6.45, 7) is 7.09. The Bertz CT molecular complexity index is 1520. The highest BCUT2D eigenvalue weighted by Gasteiger charge is 2.38. The fraction of sp³-hybridized carbons (Fsp3) is 0.379. The molecule has 12 nitrogen and oxygen atoms in total. The summed E-state index contributed by atoms with van der Waals surface area (Å²) in [5, 5.41) is 25.4. The number of benzene rings is 2. The normalized spacial score (nSPS) is 16.9. The Kier molecular flexibility index (Phi) is 7.84. The quantitative estimate of drug-likeness (QED) is 0.270. The maximum absolute atomic E-state index is 13.3. The minimum absolute atomic E-state index is 0.0119. The Morgan fingerprint density at radius 3 is 2.46 bits per heavy atom. The van der Waals surface area contributed by atoms with Crippen LogP contribution in [0.3, 0.4) is 0 Å². The Morgan fingerprint density at radius 2 is 1.85 bits per heavy atom. The van der Waals surface area contributed by atoms with Crippen molar-refractivity contribution in [2.75, 3.05) is 0 Å². The lowest BCUT2D eigenvalue weighted by Crippen LogP contribution is -2.31. The largest absolute Gasteiger partial charge is 0.509 e. The molecular formula is C29H32N6O6. The van der Waals surface area contributed by atoms with Crippen LogP contribution in [0.4, 0.5) is 4.79 Å². The minimum atomic E-state index is -1.42. The van der Waals surface area contributed by atoms with Crippen molar-refractivity contribution in [2.45, 2.75) is 71.5 Å². The van der Waals surface area contributed by atoms with Gasteiger partial charge in [0.05, 0.1) is 12.2 Å². The number of aromatic nitrogens is 6. The molecule has 5 rings (SSSR count). The highest BCUT2D eigenvalue weighted by molar-refractivity contribution is 5.89. The number of hydrogen-bond donors (Lipinski definition) is 2. The molecule has 0 radical (unpaired) electrons. The van der Waals surface area contributed by atoms with Crippen LogP contribution in [-0.2, 0) is 39.4 Å². The van der Waals surface area contributed by atoms with Crippen molar-refractivity contribution in [3.63, 3.8) is 0 Å². The van der Waals surface area contributed by atoms with Crippen molar-refractivity contribution >= 4 is 12.1 Å². The number of carbonyl (C=O) groups is 2. The van der Waals surface area contributed by atoms with Gasteiger partial charge in [0.1, 0.15) is 24.1 Å². The summed E-state index contributed by atoms with van der Waals surface area (Å²) in [6.07, 6.45) is -0.491. The highest BCUT2D eigenvalue weighted by Crippen LogP contribution is 2.31. The van der Waals surface area contributed by atoms with E-state index in [1.54, 1.807) is 25.3 Å². The average molecular weight is 561 g/mol. The van der Waals surface area contributed by atoms with Crippen LogP contribution in [0.1, 0.15) is 61.7 Å². The molecule has 0 aliphatic carbocycles. The van der Waals surface area contributed by atoms with Crippen LogP contribution in [0.25, 0.3) is 22.5 Å². The average Bonchev–Trinajstić information content (AvgIpc) is 3.67. The second kappa shape index (κ2) is 11.5. The standard InChI is InChI=1S/C29H32N6O6/c1-5-8-23-30-24(25(29(3,4)38)35(23)15-22-17(2)40-28(37)41-22)27(36)39-16-18-11-13-19(14-12-18)20-9-6-7-10-21(20)26-31-33-34-32-26/h6-7,9-14,17,22,38H,5,8,15-16H2,1-4H3,(H,31,32,33,34). The number of nitrogens with one attached hydrogen (secondary N) is 1. The molecule has 0 bridgehead atoms. The van der Waals surface area contributed by atoms with Gasteiger partial charge in [0, 0.05) is 12.0 Å². The molecule has 41 heavy (non-hydrogen) atoms. The Morgan fingerprint density at radius 1 is 1.12 bits per heavy atom. The number of hydrogen-bond acceptors (Lipinski definition) is 10. The maximum Gasteiger partial charge on any atom is 0.509 e. The van der Waals surface area contributed by atoms with Crippen molar-refractivity contribution in [2.24, 2.45) is 0 Å². The second-order valence-corrected chi connectivity index (χ2v) is 10.4. The lowest BCUT2D eigenvalue weighted by atomic mass is 9.98. The number of rotatable bonds is 10. The molecule has 3 heterocycles. The van der Waals surface area contributed by atoms with E-state index in [-0.39, 0.29) is 18.8 Å². The van der Waals surface area contributed by atoms with E-state index in [9.17, 15) is 14.7 Å². The van der Waals surface area contributed by atoms with Crippen molar-refractivity contribution < 1.29 is 28.9 Å². The van der Waals surface area contributed by atoms with E-state index in [0.29, 0.717) is 23.8 Å². The highest BCUT2D eigenvalue weighted by atomic mass is 16.8. The first-order valence-corrected chi connectivity index (χ1v) is 13.4. The topological polar surface area (TPSA) is 154 Å². The lowest BCUT2D eigenvalue weighted by Gasteiger charge is -2.24. The minimum Gasteiger partial charge on any atom is -0.456 e. The number of ether oxygens (including phenoxy) is 3. The van der Waals surface area contributed by atoms with Crippen LogP contribution in [0.2, 0.25) is 0 Å². The molecular weight excluding hydrogens is 528 g/mol. The zero-order chi connectivity index (χ0) is 29.1. The van der Waals surface area contributed by atoms with E-state index in [4.69, 9.17) is 14.2 Å². The van der Waals surface area contributed by atoms with E-state index < -0.39 is 29.9 Å². The number of carbonyl (C=O) groups excluding carboxylic acids is 2. The molecule has 0 saturated carbocycles. The first kappa shape index (κ1) is 28.0. The van der Waals surface area contributed by atoms with Gasteiger partial charge in [-0.15, -0.1) is 10.2 Å². The van der Waals surface area contributed by atoms with Crippen LogP contribution in [0.15, 0.2) is 48.5 Å². The number of cyclic esters (lactones) is 2. The number of imidazole rings is 1. The Labute approximate surface area is 236 Å². The number of aryl methyl sites for hydroxylation is 1. The van der Waals surface area contributed by atoms with E-state index in [1.165, 1.54) is 0 Å². The van der Waals surface area contributed by atoms with E-state index in [2.05, 4.69) is 25.6 Å². The van der Waals surface area contributed by atoms with Crippen molar-refractivity contribution in [3.05, 3.63) is 71.3 Å². The van der Waals surface area contributed by atoms with Crippen LogP contribution in [0.5, 0.6) is 0 Å². The van der Waals surface area contributed by atoms with Crippen LogP contribution in [-0.4, -0.2) is 59.6 Å². The number of H-pyrrole nitrogens is 1. The SMILES string of the molecule is CCCc1nc(C(=O)OCc2ccc(-c3ccccc3-c3nn[nH]n3)cc2)c(C(C)(C)O)n1CC1OC(=O)OC1C. The number of aliphatic hydroxyl groups is 1. The predicted octanol–water partition coefficient (Wildman–Crippen LogP) is 4.19. The Balaban J connectivity index is 1.36. The summed E-state index contributed by atoms with van der Waals surface area (Å²) in [6, 6.07) is 15.4. The third-order valence-electron chi connectivity index (χ3n) is 6.86. The number of tetrazole rings is 1. The molecule has 12 heteroatoms. The van der Waals surface area contributed by atoms with Crippen molar-refractivity contribution in [1.82, 2.24) is 30.2 Å². The summed E-state index contributed by atoms with van der Waals surface area (Å²) >= 11 is 0. The van der Waals surface area contributed by atoms with Gasteiger partial charge >= 0.3 is 12.1 Å². The molecule has 1 aliphatic rings. The van der Waals surface area contributed by atoms with Gasteiger partial charge in [0.2, 0.25) is 5.82 Å². The monoisotopic (exact) mass is 560 g/mol. The number of nitrogens with zero attached hydrogens (tertiary/aromatic N) is 5. The van der Waals surface area contributed by atoms with E-state index in [1.807, 2.05) is 55.5 Å². The van der Waals surface area contributed by atoms with Gasteiger partial charge in [-0.3, -0.25) is 0 Å². The molecule has 2 atom stereocenters. The van der Waals surface area contributed by atoms with Crippen LogP contribution in [0, 0.1) is 0 Å². The summed E-state index contributed by atoms with van der Waals surface area (Å²) < 4.78 is 17.8. The summed E-state index contributed by atoms with van der Waals surface area (Å²) in [4.78, 5) is 29.6. The number of esters is 1. The molecule has 2 N–H and O–H groups in total. The maximum atomic E-state index is 13.3. The summed E-state index contributed by atoms with van der Waals surface area (Å²) in [5.74, 6) is 0.435. The van der Waals surface area contributed by atoms with E-state index in [0.717, 1.165) is 28.7 Å². The molecule has 1 fully saturated rings. The van der Waals surface area contributed by atoms with Gasteiger partial charge < -0.3 is 23.9 Å². The summed E-state index contributed by atoms with van der Waals surface area (Å²) in [7, 11) is 0. The molecule has 2 unspecified atom stereocenters. The molecule has 2 aromatic carbocycles. The molecule has 4 aromatic rings. The zero-order valence-electron chi connectivity index (χ0n) is 23.3. The van der Waals surface area contributed by atoms with Gasteiger partial charge in [-0.2, -0.15) is 5.21 Å². The predicted molar refractivity (Wildman–Crippen MR) is 146 cm³/mol. The molecule has 0 amide bonds. The van der Waals surface area contributed by atoms with Gasteiger partial charge in [-0.25, -0.2) is 14.6 Å². The smallest absolute Gasteiger partial charge is 0.456 e. The third kappa shape index (κ3) is 5.97. The number of aromatic amines is 1. The Hall–Kier alpha value is -4.58. The first-order chi connectivity index (χ1) is 19.7. The van der Waals surface area contributed by atoms with Crippen molar-refractivity contribution in [3.8, 4) is 22.5 Å². The van der Waals surface area contributed by atoms with Gasteiger partial charge in [-0.05, 0) is 49.1 Å². The van der Waals surface area contributed by atoms with Gasteiger partial charge in [-0.1, -0.05) is 55.5 Å². The fourth-order valence-corrected chi connectivity index (χ4v) is 4.92. The zero-order valence-corrected chi connectivity index (χ0v) is 23.3. The first-order valence-electron chi connectivity index (χ1n) is 13.4. The van der Waals surface area contributed by atoms with E-state index >= 15 is 0 Å².